The lowest BCUT2D eigenvalue weighted by molar-refractivity contribution is 0.232. The number of rotatable bonds is 4. The molecule has 0 fully saturated rings. The number of nitrogens with zero attached hydrogens (tertiary/aromatic N) is 3. The summed E-state index contributed by atoms with van der Waals surface area (Å²) in [5.41, 5.74) is 5.89. The van der Waals surface area contributed by atoms with Crippen LogP contribution in [0.15, 0.2) is 29.0 Å². The largest absolute Gasteiger partial charge is 0.352 e. The van der Waals surface area contributed by atoms with E-state index >= 15 is 0 Å². The van der Waals surface area contributed by atoms with Crippen molar-refractivity contribution in [2.45, 2.75) is 19.9 Å². The van der Waals surface area contributed by atoms with E-state index in [1.807, 2.05) is 19.9 Å². The van der Waals surface area contributed by atoms with E-state index < -0.39 is 12.1 Å². The van der Waals surface area contributed by atoms with Gasteiger partial charge in [0.25, 0.3) is 0 Å². The average molecular weight is 261 g/mol. The van der Waals surface area contributed by atoms with Crippen molar-refractivity contribution in [1.29, 1.82) is 0 Å². The zero-order valence-electron chi connectivity index (χ0n) is 10.7. The van der Waals surface area contributed by atoms with Crippen molar-refractivity contribution in [3.63, 3.8) is 0 Å². The number of hydrogen-bond donors (Lipinski definition) is 2. The monoisotopic (exact) mass is 261 g/mol. The van der Waals surface area contributed by atoms with Gasteiger partial charge in [-0.25, -0.2) is 4.79 Å². The molecule has 0 spiro atoms. The SMILES string of the molecule is CC(C)C(NC(N)=O)c1nc(-c2cccnc2)no1. The van der Waals surface area contributed by atoms with Crippen LogP contribution in [0.5, 0.6) is 0 Å². The molecule has 3 N–H and O–H groups in total. The number of carbonyl (C=O) groups excluding carboxylic acids is 1. The molecule has 1 unspecified atom stereocenters. The summed E-state index contributed by atoms with van der Waals surface area (Å²) in [7, 11) is 0. The molecule has 2 aromatic heterocycles. The number of amides is 2. The summed E-state index contributed by atoms with van der Waals surface area (Å²) in [4.78, 5) is 19.2. The molecule has 0 saturated carbocycles. The maximum absolute atomic E-state index is 11.0. The minimum absolute atomic E-state index is 0.0784. The predicted octanol–water partition coefficient (Wildman–Crippen LogP) is 1.50. The summed E-state index contributed by atoms with van der Waals surface area (Å²) in [6.07, 6.45) is 3.30. The van der Waals surface area contributed by atoms with Crippen molar-refractivity contribution < 1.29 is 9.32 Å². The van der Waals surface area contributed by atoms with Gasteiger partial charge in [-0.05, 0) is 18.1 Å². The van der Waals surface area contributed by atoms with Gasteiger partial charge < -0.3 is 15.6 Å². The normalized spacial score (nSPS) is 12.4. The van der Waals surface area contributed by atoms with Crippen molar-refractivity contribution in [3.05, 3.63) is 30.4 Å². The molecule has 0 radical (unpaired) electrons. The van der Waals surface area contributed by atoms with Crippen LogP contribution in [0.4, 0.5) is 4.79 Å². The van der Waals surface area contributed by atoms with E-state index in [9.17, 15) is 4.79 Å². The number of nitrogens with one attached hydrogen (secondary N) is 1. The van der Waals surface area contributed by atoms with Gasteiger partial charge in [0.1, 0.15) is 6.04 Å². The number of nitrogens with two attached hydrogens (primary N) is 1. The van der Waals surface area contributed by atoms with E-state index in [4.69, 9.17) is 10.3 Å². The lowest BCUT2D eigenvalue weighted by Crippen LogP contribution is -2.35. The highest BCUT2D eigenvalue weighted by molar-refractivity contribution is 5.72. The number of carbonyl (C=O) groups is 1. The Morgan fingerprint density at radius 3 is 2.84 bits per heavy atom. The minimum Gasteiger partial charge on any atom is -0.352 e. The second-order valence-electron chi connectivity index (χ2n) is 4.43. The zero-order valence-corrected chi connectivity index (χ0v) is 10.7. The molecule has 2 rings (SSSR count). The van der Waals surface area contributed by atoms with E-state index in [1.54, 1.807) is 18.5 Å². The van der Waals surface area contributed by atoms with Gasteiger partial charge in [0.05, 0.1) is 0 Å². The standard InChI is InChI=1S/C12H15N5O2/c1-7(2)9(15-12(13)18)11-16-10(17-19-11)8-4-3-5-14-6-8/h3-7,9H,1-2H3,(H3,13,15,18). The Morgan fingerprint density at radius 1 is 1.47 bits per heavy atom. The summed E-state index contributed by atoms with van der Waals surface area (Å²) >= 11 is 0. The smallest absolute Gasteiger partial charge is 0.312 e. The Balaban J connectivity index is 2.26. The van der Waals surface area contributed by atoms with Gasteiger partial charge in [-0.15, -0.1) is 0 Å². The van der Waals surface area contributed by atoms with Crippen LogP contribution >= 0.6 is 0 Å². The maximum Gasteiger partial charge on any atom is 0.312 e. The Kier molecular flexibility index (Phi) is 3.74. The van der Waals surface area contributed by atoms with Crippen molar-refractivity contribution in [1.82, 2.24) is 20.4 Å². The molecule has 100 valence electrons. The Labute approximate surface area is 110 Å². The quantitative estimate of drug-likeness (QED) is 0.867. The molecule has 0 aliphatic carbocycles. The van der Waals surface area contributed by atoms with Gasteiger partial charge in [-0.3, -0.25) is 4.98 Å². The van der Waals surface area contributed by atoms with Crippen molar-refractivity contribution in [2.75, 3.05) is 0 Å². The first kappa shape index (κ1) is 13.0. The molecule has 7 nitrogen and oxygen atoms in total. The summed E-state index contributed by atoms with van der Waals surface area (Å²) < 4.78 is 5.18. The highest BCUT2D eigenvalue weighted by Gasteiger charge is 2.24. The summed E-state index contributed by atoms with van der Waals surface area (Å²) in [5, 5.41) is 6.47. The van der Waals surface area contributed by atoms with Gasteiger partial charge in [0.15, 0.2) is 0 Å². The molecule has 0 aromatic carbocycles. The van der Waals surface area contributed by atoms with Crippen LogP contribution in [0, 0.1) is 5.92 Å². The molecule has 1 atom stereocenters. The van der Waals surface area contributed by atoms with E-state index in [0.29, 0.717) is 11.7 Å². The van der Waals surface area contributed by atoms with Crippen molar-refractivity contribution >= 4 is 6.03 Å². The van der Waals surface area contributed by atoms with Gasteiger partial charge in [0, 0.05) is 18.0 Å². The lowest BCUT2D eigenvalue weighted by atomic mass is 10.0. The molecule has 7 heteroatoms. The zero-order chi connectivity index (χ0) is 13.8. The third-order valence-corrected chi connectivity index (χ3v) is 2.59. The summed E-state index contributed by atoms with van der Waals surface area (Å²) in [6, 6.07) is 2.58. The summed E-state index contributed by atoms with van der Waals surface area (Å²) in [6.45, 7) is 3.85. The van der Waals surface area contributed by atoms with Crippen LogP contribution in [0.3, 0.4) is 0 Å². The number of pyridine rings is 1. The molecular weight excluding hydrogens is 246 g/mol. The first-order chi connectivity index (χ1) is 9.08. The molecule has 0 saturated heterocycles. The van der Waals surface area contributed by atoms with Gasteiger partial charge in [-0.2, -0.15) is 4.98 Å². The van der Waals surface area contributed by atoms with Gasteiger partial charge >= 0.3 is 6.03 Å². The van der Waals surface area contributed by atoms with E-state index in [0.717, 1.165) is 5.56 Å². The number of aromatic nitrogens is 3. The van der Waals surface area contributed by atoms with E-state index in [-0.39, 0.29) is 5.92 Å². The number of hydrogen-bond acceptors (Lipinski definition) is 5. The average Bonchev–Trinajstić information content (AvgIpc) is 2.86. The molecular formula is C12H15N5O2. The van der Waals surface area contributed by atoms with Crippen LogP contribution in [-0.2, 0) is 0 Å². The second-order valence-corrected chi connectivity index (χ2v) is 4.43. The molecule has 2 aromatic rings. The van der Waals surface area contributed by atoms with Gasteiger partial charge in [0.2, 0.25) is 11.7 Å². The molecule has 0 aliphatic rings. The third kappa shape index (κ3) is 3.06. The van der Waals surface area contributed by atoms with Gasteiger partial charge in [-0.1, -0.05) is 19.0 Å². The Morgan fingerprint density at radius 2 is 2.26 bits per heavy atom. The fraction of sp³-hybridized carbons (Fsp3) is 0.333. The highest BCUT2D eigenvalue weighted by atomic mass is 16.5. The fourth-order valence-electron chi connectivity index (χ4n) is 1.64. The van der Waals surface area contributed by atoms with Crippen LogP contribution in [0.25, 0.3) is 11.4 Å². The molecule has 0 bridgehead atoms. The van der Waals surface area contributed by atoms with E-state index in [1.165, 1.54) is 0 Å². The molecule has 19 heavy (non-hydrogen) atoms. The Hall–Kier alpha value is -2.44. The minimum atomic E-state index is -0.625. The third-order valence-electron chi connectivity index (χ3n) is 2.59. The Bertz CT molecular complexity index is 552. The number of urea groups is 1. The predicted molar refractivity (Wildman–Crippen MR) is 67.8 cm³/mol. The van der Waals surface area contributed by atoms with Crippen LogP contribution < -0.4 is 11.1 Å². The first-order valence-electron chi connectivity index (χ1n) is 5.88. The van der Waals surface area contributed by atoms with Crippen LogP contribution in [0.1, 0.15) is 25.8 Å². The topological polar surface area (TPSA) is 107 Å². The molecule has 0 aliphatic heterocycles. The highest BCUT2D eigenvalue weighted by Crippen LogP contribution is 2.22. The first-order valence-corrected chi connectivity index (χ1v) is 5.88. The van der Waals surface area contributed by atoms with Crippen LogP contribution in [-0.4, -0.2) is 21.2 Å². The van der Waals surface area contributed by atoms with E-state index in [2.05, 4.69) is 20.4 Å². The molecule has 2 heterocycles. The van der Waals surface area contributed by atoms with Crippen LogP contribution in [0.2, 0.25) is 0 Å². The summed E-state index contributed by atoms with van der Waals surface area (Å²) in [5.74, 6) is 0.836. The van der Waals surface area contributed by atoms with Crippen molar-refractivity contribution in [3.8, 4) is 11.4 Å². The maximum atomic E-state index is 11.0. The second kappa shape index (κ2) is 5.47. The van der Waals surface area contributed by atoms with Crippen molar-refractivity contribution in [2.24, 2.45) is 11.7 Å². The lowest BCUT2D eigenvalue weighted by Gasteiger charge is -2.16. The fourth-order valence-corrected chi connectivity index (χ4v) is 1.64. The number of primary amides is 1. The molecule has 2 amide bonds.